The highest BCUT2D eigenvalue weighted by atomic mass is 31.2. The predicted octanol–water partition coefficient (Wildman–Crippen LogP) is 12.3. The van der Waals surface area contributed by atoms with Gasteiger partial charge in [0, 0.05) is 25.7 Å². The molecule has 0 spiro atoms. The maximum atomic E-state index is 12.8. The molecule has 11 nitrogen and oxygen atoms in total. The Balaban J connectivity index is 1.65. The molecule has 0 bridgehead atoms. The fourth-order valence-electron chi connectivity index (χ4n) is 7.10. The first-order valence-corrected chi connectivity index (χ1v) is 25.7. The first kappa shape index (κ1) is 55.6. The van der Waals surface area contributed by atoms with Crippen molar-refractivity contribution in [1.29, 1.82) is 0 Å². The van der Waals surface area contributed by atoms with Crippen molar-refractivity contribution in [3.05, 3.63) is 59.1 Å². The van der Waals surface area contributed by atoms with Crippen molar-refractivity contribution in [2.45, 2.75) is 200 Å². The van der Waals surface area contributed by atoms with Crippen LogP contribution in [0.4, 0.5) is 0 Å². The van der Waals surface area contributed by atoms with Gasteiger partial charge in [-0.15, -0.1) is 0 Å². The molecule has 0 aromatic carbocycles. The van der Waals surface area contributed by atoms with Gasteiger partial charge in [-0.1, -0.05) is 115 Å². The lowest BCUT2D eigenvalue weighted by atomic mass is 10.0. The zero-order valence-electron chi connectivity index (χ0n) is 40.0. The third-order valence-electron chi connectivity index (χ3n) is 11.3. The van der Waals surface area contributed by atoms with Gasteiger partial charge in [0.15, 0.2) is 6.10 Å². The van der Waals surface area contributed by atoms with E-state index in [1.165, 1.54) is 74.7 Å². The molecule has 0 radical (unpaired) electrons. The van der Waals surface area contributed by atoms with Crippen molar-refractivity contribution < 1.29 is 51.2 Å². The molecule has 1 N–H and O–H groups in total. The molecular weight excluding hydrogens is 806 g/mol. The molecule has 1 aliphatic rings. The van der Waals surface area contributed by atoms with E-state index in [1.807, 2.05) is 21.1 Å². The summed E-state index contributed by atoms with van der Waals surface area (Å²) in [6.45, 7) is 8.61. The molecule has 356 valence electrons. The van der Waals surface area contributed by atoms with Gasteiger partial charge in [-0.3, -0.25) is 18.6 Å². The molecular formula is C50H87NO10P+. The highest BCUT2D eigenvalue weighted by molar-refractivity contribution is 7.47. The van der Waals surface area contributed by atoms with Crippen LogP contribution in [0.1, 0.15) is 178 Å². The Morgan fingerprint density at radius 2 is 1.26 bits per heavy atom. The number of hydrogen-bond acceptors (Lipinski definition) is 9. The van der Waals surface area contributed by atoms with Gasteiger partial charge >= 0.3 is 19.8 Å². The molecule has 1 fully saturated rings. The van der Waals surface area contributed by atoms with Gasteiger partial charge in [-0.25, -0.2) is 4.57 Å². The minimum Gasteiger partial charge on any atom is -0.466 e. The minimum absolute atomic E-state index is 0.0116. The largest absolute Gasteiger partial charge is 0.472 e. The number of ether oxygens (including phenoxy) is 3. The second-order valence-electron chi connectivity index (χ2n) is 18.1. The van der Waals surface area contributed by atoms with Gasteiger partial charge in [0.1, 0.15) is 31.3 Å². The standard InChI is InChI=1S/C50H86NO10P/c1-8-10-12-13-14-15-16-17-18-22-25-29-34-47-48(61-47)35-31-37-49(52)56-40-44(41-58-62(54,55)57-39-38-51(5,6)7)59-50(53)36-30-26-23-20-19-21-24-28-33-46-43(4)42(3)45(60-46)32-27-11-9-2/h14-15,17-18,25,29,44,47-48H,8-13,16,19-24,26-28,30-41H2,1-7H3/p+1/b15-14-,18-17-,29-25-/t44-,47?,48?/m1/s1. The first-order chi connectivity index (χ1) is 29.7. The first-order valence-electron chi connectivity index (χ1n) is 24.2. The molecule has 2 rings (SSSR count). The summed E-state index contributed by atoms with van der Waals surface area (Å²) in [6, 6.07) is 0. The third-order valence-corrected chi connectivity index (χ3v) is 12.3. The fraction of sp³-hybridized carbons (Fsp3) is 0.760. The second kappa shape index (κ2) is 33.0. The molecule has 1 aromatic rings. The third kappa shape index (κ3) is 28.3. The number of carbonyl (C=O) groups excluding carboxylic acids is 2. The molecule has 12 heteroatoms. The van der Waals surface area contributed by atoms with E-state index in [-0.39, 0.29) is 38.3 Å². The second-order valence-corrected chi connectivity index (χ2v) is 19.6. The van der Waals surface area contributed by atoms with E-state index in [0.717, 1.165) is 76.4 Å². The van der Waals surface area contributed by atoms with Crippen LogP contribution in [-0.4, -0.2) is 87.1 Å². The topological polar surface area (TPSA) is 134 Å². The van der Waals surface area contributed by atoms with Crippen LogP contribution in [-0.2, 0) is 50.3 Å². The lowest BCUT2D eigenvalue weighted by Gasteiger charge is -2.24. The van der Waals surface area contributed by atoms with Crippen LogP contribution in [0.15, 0.2) is 40.9 Å². The summed E-state index contributed by atoms with van der Waals surface area (Å²) in [5.41, 5.74) is 2.65. The summed E-state index contributed by atoms with van der Waals surface area (Å²) in [6.07, 6.45) is 36.0. The van der Waals surface area contributed by atoms with E-state index < -0.39 is 32.5 Å². The number of nitrogens with zero attached hydrogens (tertiary/aromatic N) is 1. The number of furan rings is 1. The van der Waals surface area contributed by atoms with Crippen molar-refractivity contribution in [2.75, 3.05) is 47.5 Å². The van der Waals surface area contributed by atoms with Gasteiger partial charge in [-0.2, -0.15) is 0 Å². The monoisotopic (exact) mass is 893 g/mol. The molecule has 0 amide bonds. The summed E-state index contributed by atoms with van der Waals surface area (Å²) in [5.74, 6) is 1.43. The van der Waals surface area contributed by atoms with Crippen LogP contribution >= 0.6 is 7.82 Å². The summed E-state index contributed by atoms with van der Waals surface area (Å²) in [4.78, 5) is 35.7. The molecule has 62 heavy (non-hydrogen) atoms. The number of epoxide rings is 1. The van der Waals surface area contributed by atoms with Crippen molar-refractivity contribution >= 4 is 19.8 Å². The summed E-state index contributed by atoms with van der Waals surface area (Å²) in [7, 11) is 1.41. The number of rotatable bonds is 39. The van der Waals surface area contributed by atoms with Gasteiger partial charge in [0.25, 0.3) is 0 Å². The van der Waals surface area contributed by atoms with Crippen molar-refractivity contribution in [3.8, 4) is 0 Å². The molecule has 1 saturated heterocycles. The van der Waals surface area contributed by atoms with E-state index >= 15 is 0 Å². The quantitative estimate of drug-likeness (QED) is 0.0170. The van der Waals surface area contributed by atoms with Crippen LogP contribution in [0.2, 0.25) is 0 Å². The average Bonchev–Trinajstić information content (AvgIpc) is 3.92. The van der Waals surface area contributed by atoms with Crippen LogP contribution in [0.5, 0.6) is 0 Å². The van der Waals surface area contributed by atoms with Crippen LogP contribution < -0.4 is 0 Å². The van der Waals surface area contributed by atoms with Gasteiger partial charge in [-0.05, 0) is 89.2 Å². The number of hydrogen-bond donors (Lipinski definition) is 1. The number of phosphoric ester groups is 1. The van der Waals surface area contributed by atoms with E-state index in [9.17, 15) is 19.0 Å². The molecule has 4 atom stereocenters. The number of carbonyl (C=O) groups is 2. The predicted molar refractivity (Wildman–Crippen MR) is 250 cm³/mol. The van der Waals surface area contributed by atoms with Crippen molar-refractivity contribution in [2.24, 2.45) is 0 Å². The molecule has 0 saturated carbocycles. The van der Waals surface area contributed by atoms with Crippen molar-refractivity contribution in [1.82, 2.24) is 0 Å². The van der Waals surface area contributed by atoms with E-state index in [2.05, 4.69) is 64.2 Å². The normalized spacial score (nSPS) is 17.0. The Morgan fingerprint density at radius 3 is 1.90 bits per heavy atom. The summed E-state index contributed by atoms with van der Waals surface area (Å²) >= 11 is 0. The number of quaternary nitrogens is 1. The van der Waals surface area contributed by atoms with Crippen LogP contribution in [0.25, 0.3) is 0 Å². The maximum Gasteiger partial charge on any atom is 0.472 e. The molecule has 1 aromatic heterocycles. The van der Waals surface area contributed by atoms with Crippen molar-refractivity contribution in [3.63, 3.8) is 0 Å². The minimum atomic E-state index is -4.41. The van der Waals surface area contributed by atoms with Gasteiger partial charge in [0.05, 0.1) is 40.0 Å². The number of phosphoric acid groups is 1. The number of likely N-dealkylation sites (N-methyl/N-ethyl adjacent to an activating group) is 1. The van der Waals surface area contributed by atoms with Gasteiger partial charge < -0.3 is 28.0 Å². The smallest absolute Gasteiger partial charge is 0.466 e. The average molecular weight is 893 g/mol. The summed E-state index contributed by atoms with van der Waals surface area (Å²) in [5, 5.41) is 0. The number of unbranched alkanes of at least 4 members (excludes halogenated alkanes) is 12. The Bertz CT molecular complexity index is 1490. The number of esters is 2. The highest BCUT2D eigenvalue weighted by Gasteiger charge is 2.36. The Hall–Kier alpha value is -2.53. The van der Waals surface area contributed by atoms with E-state index in [0.29, 0.717) is 23.9 Å². The lowest BCUT2D eigenvalue weighted by Crippen LogP contribution is -2.37. The van der Waals surface area contributed by atoms with E-state index in [4.69, 9.17) is 27.7 Å². The summed E-state index contributed by atoms with van der Waals surface area (Å²) < 4.78 is 46.5. The Labute approximate surface area is 376 Å². The Kier molecular flexibility index (Phi) is 29.6. The zero-order chi connectivity index (χ0) is 45.5. The van der Waals surface area contributed by atoms with Crippen LogP contribution in [0.3, 0.4) is 0 Å². The fourth-order valence-corrected chi connectivity index (χ4v) is 7.84. The van der Waals surface area contributed by atoms with E-state index in [1.54, 1.807) is 0 Å². The number of allylic oxidation sites excluding steroid dienone is 5. The van der Waals surface area contributed by atoms with Crippen LogP contribution in [0, 0.1) is 13.8 Å². The molecule has 3 unspecified atom stereocenters. The molecule has 1 aliphatic heterocycles. The lowest BCUT2D eigenvalue weighted by molar-refractivity contribution is -0.870. The number of aryl methyl sites for hydroxylation is 2. The SMILES string of the molecule is CCCCC/C=C\C/C=C\C/C=C\CC1OC1CCCC(=O)OC[C@H](COP(=O)(O)OCC[N+](C)(C)C)OC(=O)CCCCCCCCCCc1oc(CCCCC)c(C)c1C. The highest BCUT2D eigenvalue weighted by Crippen LogP contribution is 2.43. The molecule has 2 heterocycles. The maximum absolute atomic E-state index is 12.8. The molecule has 0 aliphatic carbocycles. The zero-order valence-corrected chi connectivity index (χ0v) is 40.9. The Morgan fingerprint density at radius 1 is 0.694 bits per heavy atom. The van der Waals surface area contributed by atoms with Gasteiger partial charge in [0.2, 0.25) is 0 Å².